The second kappa shape index (κ2) is 4.25. The summed E-state index contributed by atoms with van der Waals surface area (Å²) in [7, 11) is 0. The highest BCUT2D eigenvalue weighted by molar-refractivity contribution is 5.38. The van der Waals surface area contributed by atoms with E-state index in [1.807, 2.05) is 19.3 Å². The van der Waals surface area contributed by atoms with Crippen LogP contribution in [0.3, 0.4) is 0 Å². The highest BCUT2D eigenvalue weighted by atomic mass is 15.1. The van der Waals surface area contributed by atoms with Crippen LogP contribution in [0, 0.1) is 6.92 Å². The number of hydrogen-bond donors (Lipinski definition) is 1. The molecule has 2 N–H and O–H groups in total. The van der Waals surface area contributed by atoms with Crippen LogP contribution in [0.2, 0.25) is 0 Å². The molecule has 1 heterocycles. The summed E-state index contributed by atoms with van der Waals surface area (Å²) in [5, 5.41) is 0. The fraction of sp³-hybridized carbons (Fsp3) is 0.400. The monoisotopic (exact) mass is 241 g/mol. The molecule has 1 aliphatic rings. The van der Waals surface area contributed by atoms with Crippen LogP contribution >= 0.6 is 0 Å². The number of hydrogen-bond acceptors (Lipinski definition) is 2. The Balaban J connectivity index is 1.92. The van der Waals surface area contributed by atoms with Crippen molar-refractivity contribution < 1.29 is 0 Å². The second-order valence-electron chi connectivity index (χ2n) is 5.25. The van der Waals surface area contributed by atoms with E-state index in [1.165, 1.54) is 18.4 Å². The maximum Gasteiger partial charge on any atom is 0.110 e. The van der Waals surface area contributed by atoms with Gasteiger partial charge in [-0.3, -0.25) is 0 Å². The Morgan fingerprint density at radius 1 is 1.17 bits per heavy atom. The normalized spacial score (nSPS) is 18.1. The van der Waals surface area contributed by atoms with Gasteiger partial charge in [-0.25, -0.2) is 4.98 Å². The van der Waals surface area contributed by atoms with Crippen molar-refractivity contribution in [1.29, 1.82) is 0 Å². The van der Waals surface area contributed by atoms with E-state index < -0.39 is 0 Å². The number of aromatic nitrogens is 2. The van der Waals surface area contributed by atoms with Gasteiger partial charge in [0.2, 0.25) is 0 Å². The zero-order chi connectivity index (χ0) is 12.6. The van der Waals surface area contributed by atoms with E-state index in [9.17, 15) is 0 Å². The van der Waals surface area contributed by atoms with Gasteiger partial charge in [0.25, 0.3) is 0 Å². The number of benzene rings is 1. The smallest absolute Gasteiger partial charge is 0.110 e. The largest absolute Gasteiger partial charge is 0.321 e. The summed E-state index contributed by atoms with van der Waals surface area (Å²) in [5.74, 6) is 1.01. The standard InChI is InChI=1S/C15H19N3/c1-12-17-10-11-18(12)14-6-4-13(5-7-14)15(16)8-2-3-9-15/h4-7,10-11H,2-3,8-9,16H2,1H3. The molecular formula is C15H19N3. The Labute approximate surface area is 108 Å². The van der Waals surface area contributed by atoms with Crippen LogP contribution in [0.25, 0.3) is 5.69 Å². The van der Waals surface area contributed by atoms with Gasteiger partial charge >= 0.3 is 0 Å². The van der Waals surface area contributed by atoms with Crippen LogP contribution in [0.1, 0.15) is 37.1 Å². The first-order valence-corrected chi connectivity index (χ1v) is 6.59. The van der Waals surface area contributed by atoms with Crippen molar-refractivity contribution in [2.24, 2.45) is 5.73 Å². The van der Waals surface area contributed by atoms with Crippen molar-refractivity contribution >= 4 is 0 Å². The molecule has 0 atom stereocenters. The molecule has 94 valence electrons. The Morgan fingerprint density at radius 3 is 2.39 bits per heavy atom. The molecule has 0 aliphatic heterocycles. The molecular weight excluding hydrogens is 222 g/mol. The van der Waals surface area contributed by atoms with Crippen molar-refractivity contribution in [3.8, 4) is 5.69 Å². The van der Waals surface area contributed by atoms with Gasteiger partial charge < -0.3 is 10.3 Å². The Morgan fingerprint density at radius 2 is 1.83 bits per heavy atom. The highest BCUT2D eigenvalue weighted by Crippen LogP contribution is 2.36. The Hall–Kier alpha value is -1.61. The van der Waals surface area contributed by atoms with Crippen molar-refractivity contribution in [1.82, 2.24) is 9.55 Å². The number of rotatable bonds is 2. The average Bonchev–Trinajstić information content (AvgIpc) is 2.99. The highest BCUT2D eigenvalue weighted by Gasteiger charge is 2.30. The number of nitrogens with zero attached hydrogens (tertiary/aromatic N) is 2. The minimum absolute atomic E-state index is 0.0947. The molecule has 3 nitrogen and oxygen atoms in total. The first-order chi connectivity index (χ1) is 8.69. The maximum atomic E-state index is 6.46. The van der Waals surface area contributed by atoms with E-state index in [-0.39, 0.29) is 5.54 Å². The van der Waals surface area contributed by atoms with E-state index in [0.717, 1.165) is 24.4 Å². The van der Waals surface area contributed by atoms with E-state index in [4.69, 9.17) is 5.73 Å². The minimum Gasteiger partial charge on any atom is -0.321 e. The average molecular weight is 241 g/mol. The lowest BCUT2D eigenvalue weighted by Crippen LogP contribution is -2.32. The molecule has 1 saturated carbocycles. The van der Waals surface area contributed by atoms with Crippen molar-refractivity contribution in [3.63, 3.8) is 0 Å². The van der Waals surface area contributed by atoms with Gasteiger partial charge in [-0.05, 0) is 37.5 Å². The summed E-state index contributed by atoms with van der Waals surface area (Å²) >= 11 is 0. The number of aryl methyl sites for hydroxylation is 1. The molecule has 0 spiro atoms. The van der Waals surface area contributed by atoms with Crippen LogP contribution in [0.5, 0.6) is 0 Å². The molecule has 0 bridgehead atoms. The third kappa shape index (κ3) is 1.85. The summed E-state index contributed by atoms with van der Waals surface area (Å²) < 4.78 is 2.08. The molecule has 0 unspecified atom stereocenters. The van der Waals surface area contributed by atoms with E-state index >= 15 is 0 Å². The lowest BCUT2D eigenvalue weighted by Gasteiger charge is -2.24. The molecule has 1 aromatic carbocycles. The summed E-state index contributed by atoms with van der Waals surface area (Å²) in [6, 6.07) is 8.61. The van der Waals surface area contributed by atoms with Gasteiger partial charge in [0, 0.05) is 23.6 Å². The first-order valence-electron chi connectivity index (χ1n) is 6.59. The Kier molecular flexibility index (Phi) is 2.71. The van der Waals surface area contributed by atoms with Crippen LogP contribution < -0.4 is 5.73 Å². The SMILES string of the molecule is Cc1nccn1-c1ccc(C2(N)CCCC2)cc1. The number of nitrogens with two attached hydrogens (primary N) is 1. The minimum atomic E-state index is -0.0947. The van der Waals surface area contributed by atoms with E-state index in [2.05, 4.69) is 33.8 Å². The summed E-state index contributed by atoms with van der Waals surface area (Å²) in [4.78, 5) is 4.24. The molecule has 1 aliphatic carbocycles. The summed E-state index contributed by atoms with van der Waals surface area (Å²) in [6.45, 7) is 2.01. The van der Waals surface area contributed by atoms with Crippen molar-refractivity contribution in [2.45, 2.75) is 38.1 Å². The van der Waals surface area contributed by atoms with Gasteiger partial charge in [-0.1, -0.05) is 25.0 Å². The van der Waals surface area contributed by atoms with E-state index in [1.54, 1.807) is 0 Å². The predicted molar refractivity (Wildman–Crippen MR) is 72.6 cm³/mol. The van der Waals surface area contributed by atoms with Gasteiger partial charge in [0.1, 0.15) is 5.82 Å². The molecule has 0 radical (unpaired) electrons. The van der Waals surface area contributed by atoms with Crippen LogP contribution in [0.15, 0.2) is 36.7 Å². The quantitative estimate of drug-likeness (QED) is 0.878. The fourth-order valence-corrected chi connectivity index (χ4v) is 2.90. The predicted octanol–water partition coefficient (Wildman–Crippen LogP) is 2.91. The Bertz CT molecular complexity index is 533. The van der Waals surface area contributed by atoms with Crippen LogP contribution in [-0.4, -0.2) is 9.55 Å². The molecule has 3 heteroatoms. The topological polar surface area (TPSA) is 43.8 Å². The zero-order valence-electron chi connectivity index (χ0n) is 10.8. The summed E-state index contributed by atoms with van der Waals surface area (Å²) in [6.07, 6.45) is 8.52. The van der Waals surface area contributed by atoms with Gasteiger partial charge in [0.05, 0.1) is 0 Å². The fourth-order valence-electron chi connectivity index (χ4n) is 2.90. The molecule has 3 rings (SSSR count). The van der Waals surface area contributed by atoms with Gasteiger partial charge in [0.15, 0.2) is 0 Å². The second-order valence-corrected chi connectivity index (χ2v) is 5.25. The first kappa shape index (κ1) is 11.5. The molecule has 1 fully saturated rings. The number of imidazole rings is 1. The molecule has 0 saturated heterocycles. The maximum absolute atomic E-state index is 6.46. The van der Waals surface area contributed by atoms with Crippen molar-refractivity contribution in [2.75, 3.05) is 0 Å². The lowest BCUT2D eigenvalue weighted by atomic mass is 9.89. The summed E-state index contributed by atoms with van der Waals surface area (Å²) in [5.41, 5.74) is 8.78. The molecule has 18 heavy (non-hydrogen) atoms. The van der Waals surface area contributed by atoms with Crippen LogP contribution in [0.4, 0.5) is 0 Å². The third-order valence-corrected chi connectivity index (χ3v) is 4.04. The van der Waals surface area contributed by atoms with Gasteiger partial charge in [-0.15, -0.1) is 0 Å². The molecule has 0 amide bonds. The van der Waals surface area contributed by atoms with E-state index in [0.29, 0.717) is 0 Å². The zero-order valence-corrected chi connectivity index (χ0v) is 10.8. The molecule has 1 aromatic heterocycles. The van der Waals surface area contributed by atoms with Crippen molar-refractivity contribution in [3.05, 3.63) is 48.0 Å². The van der Waals surface area contributed by atoms with Gasteiger partial charge in [-0.2, -0.15) is 0 Å². The molecule has 2 aromatic rings. The van der Waals surface area contributed by atoms with Crippen LogP contribution in [-0.2, 0) is 5.54 Å². The lowest BCUT2D eigenvalue weighted by molar-refractivity contribution is 0.461. The third-order valence-electron chi connectivity index (χ3n) is 4.04.